The van der Waals surface area contributed by atoms with E-state index in [1.54, 1.807) is 0 Å². The predicted molar refractivity (Wildman–Crippen MR) is 40.9 cm³/mol. The van der Waals surface area contributed by atoms with Crippen LogP contribution in [0.2, 0.25) is 0 Å². The molecular weight excluding hydrogens is 326 g/mol. The van der Waals surface area contributed by atoms with Crippen molar-refractivity contribution in [3.05, 3.63) is 5.32 Å². The molecule has 1 aliphatic heterocycles. The van der Waals surface area contributed by atoms with Crippen LogP contribution in [0.5, 0.6) is 0 Å². The third-order valence-corrected chi connectivity index (χ3v) is 2.12. The van der Waals surface area contributed by atoms with E-state index in [1.165, 1.54) is 0 Å². The SMILES string of the molecule is CCC1CC(C)C(=O)[N-]C1=O.[W]. The summed E-state index contributed by atoms with van der Waals surface area (Å²) in [6, 6.07) is 0. The number of hydrogen-bond donors (Lipinski definition) is 0. The molecule has 0 aromatic carbocycles. The molecule has 1 rings (SSSR count). The van der Waals surface area contributed by atoms with Gasteiger partial charge in [-0.3, -0.25) is 0 Å². The second kappa shape index (κ2) is 4.76. The Kier molecular flexibility index (Phi) is 4.69. The summed E-state index contributed by atoms with van der Waals surface area (Å²) in [4.78, 5) is 21.9. The van der Waals surface area contributed by atoms with Gasteiger partial charge >= 0.3 is 0 Å². The number of nitrogens with zero attached hydrogens (tertiary/aromatic N) is 1. The number of hydrogen-bond acceptors (Lipinski definition) is 2. The molecule has 2 atom stereocenters. The maximum Gasteiger partial charge on any atom is 0.0596 e. The Morgan fingerprint density at radius 3 is 2.50 bits per heavy atom. The van der Waals surface area contributed by atoms with Crippen molar-refractivity contribution in [3.8, 4) is 0 Å². The van der Waals surface area contributed by atoms with E-state index < -0.39 is 0 Å². The number of carbonyl (C=O) groups excluding carboxylic acids is 2. The number of carbonyl (C=O) groups is 2. The minimum atomic E-state index is -0.250. The smallest absolute Gasteiger partial charge is 0.0596 e. The molecule has 1 heterocycles. The Morgan fingerprint density at radius 2 is 2.00 bits per heavy atom. The summed E-state index contributed by atoms with van der Waals surface area (Å²) in [7, 11) is 0. The molecule has 1 aliphatic rings. The molecule has 0 N–H and O–H groups in total. The molecule has 4 heteroatoms. The topological polar surface area (TPSA) is 48.2 Å². The molecule has 0 bridgehead atoms. The zero-order chi connectivity index (χ0) is 8.43. The Morgan fingerprint density at radius 1 is 1.42 bits per heavy atom. The summed E-state index contributed by atoms with van der Waals surface area (Å²) < 4.78 is 0. The predicted octanol–water partition coefficient (Wildman–Crippen LogP) is 1.48. The number of piperidine rings is 1. The van der Waals surface area contributed by atoms with Crippen LogP contribution >= 0.6 is 0 Å². The Hall–Kier alpha value is -0.172. The molecule has 0 aliphatic carbocycles. The second-order valence-corrected chi connectivity index (χ2v) is 3.03. The van der Waals surface area contributed by atoms with Crippen LogP contribution in [0.4, 0.5) is 0 Å². The van der Waals surface area contributed by atoms with Crippen molar-refractivity contribution in [2.75, 3.05) is 0 Å². The maximum atomic E-state index is 11.0. The van der Waals surface area contributed by atoms with Crippen molar-refractivity contribution in [1.82, 2.24) is 0 Å². The summed E-state index contributed by atoms with van der Waals surface area (Å²) in [5, 5.41) is 3.44. The minimum absolute atomic E-state index is 0. The molecule has 2 amide bonds. The maximum absolute atomic E-state index is 11.0. The van der Waals surface area contributed by atoms with E-state index in [0.717, 1.165) is 6.42 Å². The van der Waals surface area contributed by atoms with Gasteiger partial charge in [-0.25, -0.2) is 0 Å². The number of amides is 2. The molecule has 2 unspecified atom stereocenters. The van der Waals surface area contributed by atoms with E-state index >= 15 is 0 Å². The average molecular weight is 338 g/mol. The van der Waals surface area contributed by atoms with Gasteiger partial charge in [-0.2, -0.15) is 0 Å². The van der Waals surface area contributed by atoms with E-state index in [9.17, 15) is 9.59 Å². The van der Waals surface area contributed by atoms with Crippen molar-refractivity contribution in [1.29, 1.82) is 0 Å². The molecule has 0 aromatic heterocycles. The average Bonchev–Trinajstić information content (AvgIpc) is 1.97. The first-order valence-electron chi connectivity index (χ1n) is 3.94. The molecule has 12 heavy (non-hydrogen) atoms. The number of rotatable bonds is 1. The Bertz CT molecular complexity index is 193. The first-order chi connectivity index (χ1) is 5.15. The van der Waals surface area contributed by atoms with E-state index in [-0.39, 0.29) is 44.7 Å². The normalized spacial score (nSPS) is 29.2. The molecule has 0 spiro atoms. The van der Waals surface area contributed by atoms with Crippen LogP contribution in [-0.2, 0) is 30.7 Å². The van der Waals surface area contributed by atoms with Gasteiger partial charge in [-0.15, -0.1) is 0 Å². The van der Waals surface area contributed by atoms with E-state index in [4.69, 9.17) is 0 Å². The van der Waals surface area contributed by atoms with E-state index in [0.29, 0.717) is 6.42 Å². The van der Waals surface area contributed by atoms with E-state index in [2.05, 4.69) is 5.32 Å². The van der Waals surface area contributed by atoms with Crippen LogP contribution < -0.4 is 0 Å². The molecular formula is C8H12NO2W-. The zero-order valence-electron chi connectivity index (χ0n) is 7.24. The van der Waals surface area contributed by atoms with Gasteiger partial charge in [0.2, 0.25) is 0 Å². The van der Waals surface area contributed by atoms with Crippen molar-refractivity contribution < 1.29 is 30.7 Å². The standard InChI is InChI=1S/C8H13NO2.W/c1-3-6-4-5(2)7(10)9-8(6)11;/h5-6H,3-4H2,1-2H3,(H,9,10,11);/p-1. The summed E-state index contributed by atoms with van der Waals surface area (Å²) >= 11 is 0. The largest absolute Gasteiger partial charge is 0.595 e. The van der Waals surface area contributed by atoms with Crippen LogP contribution in [0.1, 0.15) is 26.7 Å². The molecule has 0 radical (unpaired) electrons. The molecule has 0 aromatic rings. The Labute approximate surface area is 86.5 Å². The molecule has 1 saturated heterocycles. The van der Waals surface area contributed by atoms with Crippen LogP contribution in [0.25, 0.3) is 5.32 Å². The minimum Gasteiger partial charge on any atom is -0.595 e. The van der Waals surface area contributed by atoms with Crippen LogP contribution in [0.3, 0.4) is 0 Å². The fraction of sp³-hybridized carbons (Fsp3) is 0.750. The monoisotopic (exact) mass is 338 g/mol. The summed E-state index contributed by atoms with van der Waals surface area (Å²) in [6.45, 7) is 3.77. The first kappa shape index (κ1) is 11.8. The van der Waals surface area contributed by atoms with Crippen molar-refractivity contribution >= 4 is 11.8 Å². The fourth-order valence-corrected chi connectivity index (χ4v) is 1.28. The molecule has 3 nitrogen and oxygen atoms in total. The van der Waals surface area contributed by atoms with Gasteiger partial charge in [-0.1, -0.05) is 13.8 Å². The van der Waals surface area contributed by atoms with Gasteiger partial charge in [-0.05, 0) is 18.8 Å². The third-order valence-electron chi connectivity index (χ3n) is 2.12. The van der Waals surface area contributed by atoms with Crippen LogP contribution in [0, 0.1) is 11.8 Å². The van der Waals surface area contributed by atoms with Gasteiger partial charge in [0.1, 0.15) is 0 Å². The molecule has 0 saturated carbocycles. The first-order valence-corrected chi connectivity index (χ1v) is 3.94. The third kappa shape index (κ3) is 2.41. The van der Waals surface area contributed by atoms with Gasteiger partial charge in [0.15, 0.2) is 0 Å². The molecule has 68 valence electrons. The van der Waals surface area contributed by atoms with Crippen molar-refractivity contribution in [3.63, 3.8) is 0 Å². The van der Waals surface area contributed by atoms with Gasteiger partial charge in [0, 0.05) is 27.0 Å². The Balaban J connectivity index is 0.00000121. The zero-order valence-corrected chi connectivity index (χ0v) is 10.2. The van der Waals surface area contributed by atoms with Crippen LogP contribution in [0.15, 0.2) is 0 Å². The van der Waals surface area contributed by atoms with Gasteiger partial charge in [0.25, 0.3) is 0 Å². The fourth-order valence-electron chi connectivity index (χ4n) is 1.28. The number of imide groups is 1. The van der Waals surface area contributed by atoms with Gasteiger partial charge < -0.3 is 14.9 Å². The van der Waals surface area contributed by atoms with Gasteiger partial charge in [0.05, 0.1) is 11.8 Å². The van der Waals surface area contributed by atoms with E-state index in [1.807, 2.05) is 13.8 Å². The van der Waals surface area contributed by atoms with Crippen molar-refractivity contribution in [2.24, 2.45) is 11.8 Å². The summed E-state index contributed by atoms with van der Waals surface area (Å²) in [5.74, 6) is -0.546. The molecule has 1 fully saturated rings. The summed E-state index contributed by atoms with van der Waals surface area (Å²) in [6.07, 6.45) is 1.47. The van der Waals surface area contributed by atoms with Crippen LogP contribution in [-0.4, -0.2) is 11.8 Å². The van der Waals surface area contributed by atoms with Crippen molar-refractivity contribution in [2.45, 2.75) is 26.7 Å². The summed E-state index contributed by atoms with van der Waals surface area (Å²) in [5.41, 5.74) is 0. The quantitative estimate of drug-likeness (QED) is 0.680. The second-order valence-electron chi connectivity index (χ2n) is 3.03.